The van der Waals surface area contributed by atoms with Crippen LogP contribution in [0.15, 0.2) is 47.6 Å². The quantitative estimate of drug-likeness (QED) is 0.759. The number of sulfonamides is 1. The minimum atomic E-state index is -3.55. The molecule has 0 atom stereocenters. The van der Waals surface area contributed by atoms with Gasteiger partial charge in [-0.3, -0.25) is 4.98 Å². The standard InChI is InChI=1S/C18H22N4O2S/c1-12(2)21-25(23,24)15-5-6-17-16(11-15)20-18(22(17)13(3)4)14-7-9-19-10-8-14/h5-13,21H,1-4H3. The highest BCUT2D eigenvalue weighted by molar-refractivity contribution is 7.89. The van der Waals surface area contributed by atoms with Crippen molar-refractivity contribution in [2.75, 3.05) is 0 Å². The minimum absolute atomic E-state index is 0.165. The van der Waals surface area contributed by atoms with Gasteiger partial charge in [0.15, 0.2) is 0 Å². The lowest BCUT2D eigenvalue weighted by molar-refractivity contribution is 0.570. The van der Waals surface area contributed by atoms with E-state index in [0.29, 0.717) is 5.52 Å². The van der Waals surface area contributed by atoms with Crippen LogP contribution in [0.1, 0.15) is 33.7 Å². The lowest BCUT2D eigenvalue weighted by atomic mass is 10.2. The van der Waals surface area contributed by atoms with E-state index in [1.54, 1.807) is 38.4 Å². The van der Waals surface area contributed by atoms with Crippen molar-refractivity contribution in [3.05, 3.63) is 42.7 Å². The molecule has 1 N–H and O–H groups in total. The molecule has 0 amide bonds. The fraction of sp³-hybridized carbons (Fsp3) is 0.333. The molecule has 0 unspecified atom stereocenters. The summed E-state index contributed by atoms with van der Waals surface area (Å²) in [7, 11) is -3.55. The van der Waals surface area contributed by atoms with E-state index in [9.17, 15) is 8.42 Å². The van der Waals surface area contributed by atoms with Gasteiger partial charge in [-0.15, -0.1) is 0 Å². The predicted octanol–water partition coefficient (Wildman–Crippen LogP) is 3.37. The number of hydrogen-bond donors (Lipinski definition) is 1. The maximum absolute atomic E-state index is 12.4. The molecule has 3 aromatic rings. The van der Waals surface area contributed by atoms with E-state index in [1.807, 2.05) is 18.2 Å². The topological polar surface area (TPSA) is 76.9 Å². The first-order valence-corrected chi connectivity index (χ1v) is 9.72. The first kappa shape index (κ1) is 17.6. The second-order valence-corrected chi connectivity index (χ2v) is 8.28. The third-order valence-corrected chi connectivity index (χ3v) is 5.47. The summed E-state index contributed by atoms with van der Waals surface area (Å²) < 4.78 is 29.6. The van der Waals surface area contributed by atoms with Crippen LogP contribution in [0.5, 0.6) is 0 Å². The Bertz CT molecular complexity index is 993. The lowest BCUT2D eigenvalue weighted by Gasteiger charge is -2.13. The van der Waals surface area contributed by atoms with Crippen molar-refractivity contribution in [1.82, 2.24) is 19.3 Å². The molecule has 0 aliphatic heterocycles. The van der Waals surface area contributed by atoms with Crippen LogP contribution in [-0.2, 0) is 10.0 Å². The van der Waals surface area contributed by atoms with Gasteiger partial charge in [0, 0.05) is 30.0 Å². The lowest BCUT2D eigenvalue weighted by Crippen LogP contribution is -2.30. The van der Waals surface area contributed by atoms with Gasteiger partial charge in [0.2, 0.25) is 10.0 Å². The zero-order valence-electron chi connectivity index (χ0n) is 14.8. The van der Waals surface area contributed by atoms with E-state index in [1.165, 1.54) is 0 Å². The first-order valence-electron chi connectivity index (χ1n) is 8.24. The van der Waals surface area contributed by atoms with Crippen LogP contribution < -0.4 is 4.72 Å². The highest BCUT2D eigenvalue weighted by atomic mass is 32.2. The molecule has 132 valence electrons. The summed E-state index contributed by atoms with van der Waals surface area (Å²) in [5.41, 5.74) is 2.52. The van der Waals surface area contributed by atoms with Crippen LogP contribution in [0.25, 0.3) is 22.4 Å². The predicted molar refractivity (Wildman–Crippen MR) is 98.8 cm³/mol. The van der Waals surface area contributed by atoms with Gasteiger partial charge in [0.1, 0.15) is 5.82 Å². The molecule has 0 bridgehead atoms. The van der Waals surface area contributed by atoms with E-state index in [4.69, 9.17) is 4.98 Å². The van der Waals surface area contributed by atoms with Crippen LogP contribution in [0.4, 0.5) is 0 Å². The number of imidazole rings is 1. The normalized spacial score (nSPS) is 12.4. The van der Waals surface area contributed by atoms with Crippen LogP contribution in [0, 0.1) is 0 Å². The second kappa shape index (κ2) is 6.57. The van der Waals surface area contributed by atoms with Crippen LogP contribution in [-0.4, -0.2) is 29.0 Å². The second-order valence-electron chi connectivity index (χ2n) is 6.56. The average molecular weight is 358 g/mol. The summed E-state index contributed by atoms with van der Waals surface area (Å²) in [5.74, 6) is 0.804. The van der Waals surface area contributed by atoms with Crippen molar-refractivity contribution in [3.63, 3.8) is 0 Å². The molecule has 0 aliphatic carbocycles. The summed E-state index contributed by atoms with van der Waals surface area (Å²) in [5, 5.41) is 0. The third kappa shape index (κ3) is 3.43. The third-order valence-electron chi connectivity index (χ3n) is 3.82. The molecule has 0 spiro atoms. The fourth-order valence-corrected chi connectivity index (χ4v) is 4.12. The zero-order valence-corrected chi connectivity index (χ0v) is 15.6. The average Bonchev–Trinajstić information content (AvgIpc) is 2.93. The van der Waals surface area contributed by atoms with Crippen molar-refractivity contribution in [2.45, 2.75) is 44.7 Å². The van der Waals surface area contributed by atoms with E-state index in [0.717, 1.165) is 16.9 Å². The summed E-state index contributed by atoms with van der Waals surface area (Å²) in [6.07, 6.45) is 3.45. The molecule has 3 rings (SSSR count). The smallest absolute Gasteiger partial charge is 0.240 e. The van der Waals surface area contributed by atoms with E-state index < -0.39 is 10.0 Å². The summed E-state index contributed by atoms with van der Waals surface area (Å²) in [6, 6.07) is 8.90. The molecule has 6 nitrogen and oxygen atoms in total. The summed E-state index contributed by atoms with van der Waals surface area (Å²) >= 11 is 0. The van der Waals surface area contributed by atoms with Crippen molar-refractivity contribution in [3.8, 4) is 11.4 Å². The van der Waals surface area contributed by atoms with Crippen LogP contribution in [0.3, 0.4) is 0 Å². The highest BCUT2D eigenvalue weighted by Crippen LogP contribution is 2.29. The van der Waals surface area contributed by atoms with Crippen LogP contribution in [0.2, 0.25) is 0 Å². The number of nitrogens with zero attached hydrogens (tertiary/aromatic N) is 3. The minimum Gasteiger partial charge on any atom is -0.321 e. The van der Waals surface area contributed by atoms with Gasteiger partial charge in [-0.2, -0.15) is 0 Å². The molecule has 7 heteroatoms. The summed E-state index contributed by atoms with van der Waals surface area (Å²) in [6.45, 7) is 7.75. The first-order chi connectivity index (χ1) is 11.8. The maximum atomic E-state index is 12.4. The van der Waals surface area contributed by atoms with Gasteiger partial charge in [-0.1, -0.05) is 0 Å². The van der Waals surface area contributed by atoms with Crippen molar-refractivity contribution in [1.29, 1.82) is 0 Å². The van der Waals surface area contributed by atoms with Gasteiger partial charge in [0.05, 0.1) is 15.9 Å². The molecule has 0 fully saturated rings. The van der Waals surface area contributed by atoms with Gasteiger partial charge >= 0.3 is 0 Å². The Balaban J connectivity index is 2.19. The molecular formula is C18H22N4O2S. The molecule has 0 radical (unpaired) electrons. The van der Waals surface area contributed by atoms with Gasteiger partial charge in [0.25, 0.3) is 0 Å². The Morgan fingerprint density at radius 2 is 1.72 bits per heavy atom. The number of benzene rings is 1. The number of nitrogens with one attached hydrogen (secondary N) is 1. The molecule has 0 saturated heterocycles. The molecule has 25 heavy (non-hydrogen) atoms. The number of pyridine rings is 1. The van der Waals surface area contributed by atoms with Crippen LogP contribution >= 0.6 is 0 Å². The molecule has 2 heterocycles. The molecule has 2 aromatic heterocycles. The van der Waals surface area contributed by atoms with E-state index >= 15 is 0 Å². The fourth-order valence-electron chi connectivity index (χ4n) is 2.85. The Labute approximate surface area is 148 Å². The Kier molecular flexibility index (Phi) is 4.62. The van der Waals surface area contributed by atoms with E-state index in [-0.39, 0.29) is 17.0 Å². The molecule has 1 aromatic carbocycles. The number of aromatic nitrogens is 3. The van der Waals surface area contributed by atoms with Crippen molar-refractivity contribution in [2.24, 2.45) is 0 Å². The molecule has 0 saturated carbocycles. The molecular weight excluding hydrogens is 336 g/mol. The number of fused-ring (bicyclic) bond motifs is 1. The van der Waals surface area contributed by atoms with Gasteiger partial charge in [-0.25, -0.2) is 18.1 Å². The van der Waals surface area contributed by atoms with Crippen molar-refractivity contribution < 1.29 is 8.42 Å². The highest BCUT2D eigenvalue weighted by Gasteiger charge is 2.20. The van der Waals surface area contributed by atoms with Gasteiger partial charge in [-0.05, 0) is 58.0 Å². The van der Waals surface area contributed by atoms with Gasteiger partial charge < -0.3 is 4.57 Å². The Morgan fingerprint density at radius 1 is 1.04 bits per heavy atom. The Morgan fingerprint density at radius 3 is 2.32 bits per heavy atom. The van der Waals surface area contributed by atoms with E-state index in [2.05, 4.69) is 28.1 Å². The number of hydrogen-bond acceptors (Lipinski definition) is 4. The monoisotopic (exact) mass is 358 g/mol. The zero-order chi connectivity index (χ0) is 18.2. The SMILES string of the molecule is CC(C)NS(=O)(=O)c1ccc2c(c1)nc(-c1ccncc1)n2C(C)C. The largest absolute Gasteiger partial charge is 0.321 e. The number of rotatable bonds is 5. The van der Waals surface area contributed by atoms with Crippen molar-refractivity contribution >= 4 is 21.1 Å². The Hall–Kier alpha value is -2.25. The maximum Gasteiger partial charge on any atom is 0.240 e. The molecule has 0 aliphatic rings. The summed E-state index contributed by atoms with van der Waals surface area (Å²) in [4.78, 5) is 8.97.